The minimum absolute atomic E-state index is 0.0389. The van der Waals surface area contributed by atoms with Crippen molar-refractivity contribution < 1.29 is 36.2 Å². The zero-order valence-electron chi connectivity index (χ0n) is 19.6. The second kappa shape index (κ2) is 13.5. The lowest BCUT2D eigenvalue weighted by Gasteiger charge is -2.11. The van der Waals surface area contributed by atoms with Gasteiger partial charge in [-0.25, -0.2) is 0 Å². The Morgan fingerprint density at radius 1 is 1.11 bits per heavy atom. The van der Waals surface area contributed by atoms with Crippen molar-refractivity contribution in [3.63, 3.8) is 0 Å². The average molecular weight is 527 g/mol. The van der Waals surface area contributed by atoms with Gasteiger partial charge in [0.25, 0.3) is 0 Å². The highest BCUT2D eigenvalue weighted by Gasteiger charge is 2.33. The van der Waals surface area contributed by atoms with Gasteiger partial charge in [0.1, 0.15) is 0 Å². The maximum absolute atomic E-state index is 13.6. The Kier molecular flexibility index (Phi) is 10.5. The summed E-state index contributed by atoms with van der Waals surface area (Å²) in [6, 6.07) is 11.7. The first-order valence-corrected chi connectivity index (χ1v) is 11.9. The van der Waals surface area contributed by atoms with E-state index in [-0.39, 0.29) is 63.1 Å². The van der Waals surface area contributed by atoms with Gasteiger partial charge in [0.05, 0.1) is 45.2 Å². The smallest absolute Gasteiger partial charge is 0.394 e. The van der Waals surface area contributed by atoms with Crippen LogP contribution in [0.1, 0.15) is 29.0 Å². The number of aliphatic hydroxyl groups excluding tert-OH is 1. The Hall–Kier alpha value is -2.73. The van der Waals surface area contributed by atoms with E-state index in [2.05, 4.69) is 10.1 Å². The van der Waals surface area contributed by atoms with Crippen LogP contribution in [0.3, 0.4) is 0 Å². The number of aromatic nitrogens is 2. The van der Waals surface area contributed by atoms with Crippen molar-refractivity contribution in [1.82, 2.24) is 10.1 Å². The fourth-order valence-corrected chi connectivity index (χ4v) is 3.70. The molecular weight excluding hydrogens is 500 g/mol. The van der Waals surface area contributed by atoms with E-state index >= 15 is 0 Å². The van der Waals surface area contributed by atoms with Gasteiger partial charge in [0, 0.05) is 22.5 Å². The number of hydrogen-bond acceptors (Lipinski definition) is 7. The van der Waals surface area contributed by atoms with Crippen molar-refractivity contribution in [2.24, 2.45) is 0 Å². The van der Waals surface area contributed by atoms with E-state index in [0.29, 0.717) is 28.2 Å². The molecule has 1 N–H and O–H groups in total. The van der Waals surface area contributed by atoms with Crippen LogP contribution in [0.5, 0.6) is 0 Å². The van der Waals surface area contributed by atoms with Gasteiger partial charge < -0.3 is 19.1 Å². The van der Waals surface area contributed by atoms with E-state index in [0.717, 1.165) is 11.6 Å². The Bertz CT molecular complexity index is 1150. The van der Waals surface area contributed by atoms with Crippen molar-refractivity contribution in [3.8, 4) is 11.4 Å². The number of aryl methyl sites for hydroxylation is 2. The molecule has 0 amide bonds. The third-order valence-corrected chi connectivity index (χ3v) is 5.78. The molecule has 11 heteroatoms. The maximum Gasteiger partial charge on any atom is 0.412 e. The second-order valence-electron chi connectivity index (χ2n) is 7.82. The molecule has 0 atom stereocenters. The van der Waals surface area contributed by atoms with E-state index in [4.69, 9.17) is 19.1 Å². The number of benzene rings is 2. The molecule has 0 aliphatic heterocycles. The van der Waals surface area contributed by atoms with E-state index in [1.54, 1.807) is 43.3 Å². The molecule has 3 rings (SSSR count). The van der Waals surface area contributed by atoms with Gasteiger partial charge >= 0.3 is 6.18 Å². The van der Waals surface area contributed by atoms with Crippen molar-refractivity contribution >= 4 is 18.2 Å². The summed E-state index contributed by atoms with van der Waals surface area (Å²) in [6.07, 6.45) is -3.79. The fourth-order valence-electron chi connectivity index (χ4n) is 3.30. The lowest BCUT2D eigenvalue weighted by atomic mass is 10.0. The first-order valence-electron chi connectivity index (χ1n) is 11.2. The van der Waals surface area contributed by atoms with Crippen LogP contribution in [0.25, 0.3) is 17.5 Å². The number of halogens is 4. The third kappa shape index (κ3) is 8.16. The van der Waals surface area contributed by atoms with Crippen LogP contribution in [-0.2, 0) is 22.5 Å². The maximum atomic E-state index is 13.6. The number of allylic oxidation sites excluding steroid dienone is 1. The van der Waals surface area contributed by atoms with Gasteiger partial charge in [0.2, 0.25) is 11.7 Å². The van der Waals surface area contributed by atoms with Crippen LogP contribution in [0.4, 0.5) is 17.1 Å². The van der Waals surface area contributed by atoms with E-state index in [1.165, 1.54) is 6.07 Å². The molecule has 194 valence electrons. The largest absolute Gasteiger partial charge is 0.412 e. The van der Waals surface area contributed by atoms with Crippen LogP contribution in [0.2, 0.25) is 0 Å². The topological polar surface area (TPSA) is 77.6 Å². The third-order valence-electron chi connectivity index (χ3n) is 5.23. The summed E-state index contributed by atoms with van der Waals surface area (Å²) in [5.74, 6) is 0.205. The summed E-state index contributed by atoms with van der Waals surface area (Å²) < 4.78 is 70.0. The molecule has 0 saturated heterocycles. The molecule has 6 nitrogen and oxygen atoms in total. The molecule has 2 aromatic carbocycles. The van der Waals surface area contributed by atoms with Gasteiger partial charge in [-0.3, -0.25) is 0 Å². The molecule has 3 aromatic rings. The summed E-state index contributed by atoms with van der Waals surface area (Å²) >= 11 is 0.0389. The molecule has 1 aromatic heterocycles. The van der Waals surface area contributed by atoms with Gasteiger partial charge in [-0.05, 0) is 42.2 Å². The zero-order chi connectivity index (χ0) is 26.0. The predicted molar refractivity (Wildman–Crippen MR) is 128 cm³/mol. The van der Waals surface area contributed by atoms with E-state index in [1.807, 2.05) is 0 Å². The highest BCUT2D eigenvalue weighted by molar-refractivity contribution is 7.94. The molecule has 0 aliphatic carbocycles. The monoisotopic (exact) mass is 526 g/mol. The van der Waals surface area contributed by atoms with Crippen LogP contribution >= 0.6 is 12.1 Å². The lowest BCUT2D eigenvalue weighted by Crippen LogP contribution is -2.13. The molecule has 0 aliphatic rings. The van der Waals surface area contributed by atoms with Gasteiger partial charge in [-0.1, -0.05) is 41.6 Å². The Balaban J connectivity index is 1.65. The number of aliphatic hydroxyl groups is 1. The van der Waals surface area contributed by atoms with Gasteiger partial charge in [-0.2, -0.15) is 22.0 Å². The Labute approximate surface area is 210 Å². The SMILES string of the molecule is Cc1ccccc1/C=C(/CCc1nc(-c2ccc(COCCOCCO)c(SF)c2)no1)C(F)(F)F. The molecule has 0 bridgehead atoms. The summed E-state index contributed by atoms with van der Waals surface area (Å²) in [7, 11) is 0. The molecule has 0 spiro atoms. The van der Waals surface area contributed by atoms with Crippen LogP contribution in [0.15, 0.2) is 57.5 Å². The van der Waals surface area contributed by atoms with Crippen molar-refractivity contribution in [1.29, 1.82) is 0 Å². The molecule has 0 fully saturated rings. The van der Waals surface area contributed by atoms with Crippen LogP contribution in [-0.4, -0.2) is 47.9 Å². The van der Waals surface area contributed by atoms with Crippen LogP contribution < -0.4 is 0 Å². The first-order chi connectivity index (χ1) is 17.3. The van der Waals surface area contributed by atoms with Crippen molar-refractivity contribution in [3.05, 3.63) is 70.6 Å². The standard InChI is InChI=1S/C25H26F4N2O4S/c1-17-4-2-3-5-18(17)14-21(25(26,27)28)8-9-23-30-24(31-35-23)19-6-7-20(22(15-19)36-29)16-34-13-12-33-11-10-32/h2-7,14-15,32H,8-13,16H2,1H3/b21-14-. The molecular formula is C25H26F4N2O4S. The number of alkyl halides is 3. The molecule has 0 radical (unpaired) electrons. The second-order valence-corrected chi connectivity index (χ2v) is 8.42. The molecule has 0 unspecified atom stereocenters. The van der Waals surface area contributed by atoms with Crippen molar-refractivity contribution in [2.45, 2.75) is 37.4 Å². The lowest BCUT2D eigenvalue weighted by molar-refractivity contribution is -0.0930. The predicted octanol–water partition coefficient (Wildman–Crippen LogP) is 6.13. The summed E-state index contributed by atoms with van der Waals surface area (Å²) in [4.78, 5) is 4.50. The minimum Gasteiger partial charge on any atom is -0.394 e. The highest BCUT2D eigenvalue weighted by Crippen LogP contribution is 2.32. The molecule has 1 heterocycles. The molecule has 36 heavy (non-hydrogen) atoms. The highest BCUT2D eigenvalue weighted by atomic mass is 32.2. The number of hydrogen-bond donors (Lipinski definition) is 1. The Morgan fingerprint density at radius 2 is 1.89 bits per heavy atom. The quantitative estimate of drug-likeness (QED) is 0.212. The normalized spacial score (nSPS) is 12.3. The number of ether oxygens (including phenoxy) is 2. The summed E-state index contributed by atoms with van der Waals surface area (Å²) in [6.45, 7) is 2.63. The van der Waals surface area contributed by atoms with E-state index in [9.17, 15) is 17.1 Å². The Morgan fingerprint density at radius 3 is 2.61 bits per heavy atom. The number of nitrogens with zero attached hydrogens (tertiary/aromatic N) is 2. The van der Waals surface area contributed by atoms with Crippen molar-refractivity contribution in [2.75, 3.05) is 26.4 Å². The summed E-state index contributed by atoms with van der Waals surface area (Å²) in [5.41, 5.74) is 1.61. The van der Waals surface area contributed by atoms with Gasteiger partial charge in [-0.15, -0.1) is 0 Å². The average Bonchev–Trinajstić information content (AvgIpc) is 3.33. The van der Waals surface area contributed by atoms with Gasteiger partial charge in [0.15, 0.2) is 0 Å². The first kappa shape index (κ1) is 27.9. The minimum atomic E-state index is -4.50. The number of rotatable bonds is 13. The molecule has 0 saturated carbocycles. The van der Waals surface area contributed by atoms with Crippen LogP contribution in [0, 0.1) is 6.92 Å². The summed E-state index contributed by atoms with van der Waals surface area (Å²) in [5, 5.41) is 12.5. The zero-order valence-corrected chi connectivity index (χ0v) is 20.4. The van der Waals surface area contributed by atoms with E-state index < -0.39 is 11.7 Å². The fraction of sp³-hybridized carbons (Fsp3) is 0.360.